The molecule has 2 amide bonds. The molecule has 3 aromatic rings. The van der Waals surface area contributed by atoms with E-state index in [0.717, 1.165) is 44.0 Å². The van der Waals surface area contributed by atoms with E-state index in [1.807, 2.05) is 33.4 Å². The number of quaternary nitrogens is 1. The summed E-state index contributed by atoms with van der Waals surface area (Å²) in [6.07, 6.45) is 7.13. The Kier molecular flexibility index (Phi) is 10.8. The molecule has 0 aliphatic carbocycles. The van der Waals surface area contributed by atoms with Gasteiger partial charge >= 0.3 is 41.8 Å². The first kappa shape index (κ1) is 35.9. The van der Waals surface area contributed by atoms with Gasteiger partial charge in [0.05, 0.1) is 18.6 Å². The number of rotatable bonds is 18. The predicted octanol–water partition coefficient (Wildman–Crippen LogP) is -2.22. The molecule has 0 spiro atoms. The average molecular weight is 720 g/mol. The number of hydrogen-bond acceptors (Lipinski definition) is 10. The van der Waals surface area contributed by atoms with Crippen LogP contribution >= 0.6 is 12.0 Å². The maximum Gasteiger partial charge on any atom is 0.380 e. The number of imidazole rings is 2. The van der Waals surface area contributed by atoms with Crippen molar-refractivity contribution in [2.24, 2.45) is 5.90 Å². The standard InChI is InChI=1S/C29H32N8O12S/c30-48-49-50-20-3-1-19(2-4-20)5-10-37-17-21-31(11-23(38)33(13-25(40)41)14-26(42)43)6-8-35(21)29(37)36-9-7-32(22(36)18-37)12-24(39)34(15-27(44)45)16-28(46)47/h1-4,6-9,29H,5,10-18,30H2,(H-3,40,41,42,43,44,45,46,47)/p+3. The molecule has 0 fully saturated rings. The second-order valence-electron chi connectivity index (χ2n) is 11.8. The zero-order chi connectivity index (χ0) is 36.2. The highest BCUT2D eigenvalue weighted by atomic mass is 32.2. The first-order valence-electron chi connectivity index (χ1n) is 15.1. The van der Waals surface area contributed by atoms with Crippen LogP contribution in [0.3, 0.4) is 0 Å². The summed E-state index contributed by atoms with van der Waals surface area (Å²) in [4.78, 5) is 78.0. The van der Waals surface area contributed by atoms with Gasteiger partial charge in [0.2, 0.25) is 0 Å². The van der Waals surface area contributed by atoms with Gasteiger partial charge in [-0.05, 0) is 17.7 Å². The lowest BCUT2D eigenvalue weighted by Gasteiger charge is -2.28. The van der Waals surface area contributed by atoms with Crippen LogP contribution in [0.2, 0.25) is 0 Å². The lowest BCUT2D eigenvalue weighted by atomic mass is 10.1. The minimum absolute atomic E-state index is 0.292. The Bertz CT molecular complexity index is 1680. The third-order valence-electron chi connectivity index (χ3n) is 8.53. The van der Waals surface area contributed by atoms with Gasteiger partial charge in [0.15, 0.2) is 26.2 Å². The Morgan fingerprint density at radius 2 is 1.22 bits per heavy atom. The SMILES string of the molecule is NOOSc1ccc(CC[N+]23Cc4n(cc[n+]4CC(=O)N(CC(=O)O)CC(=O)O)C2n2cc[n+](CC(=O)N(CC(=O)O)CC(=O)O)c2C3)cc1. The molecule has 0 saturated carbocycles. The average Bonchev–Trinajstić information content (AvgIpc) is 3.76. The molecule has 4 heterocycles. The highest BCUT2D eigenvalue weighted by Crippen LogP contribution is 2.42. The van der Waals surface area contributed by atoms with Crippen LogP contribution in [0.1, 0.15) is 23.5 Å². The fourth-order valence-electron chi connectivity index (χ4n) is 6.45. The molecule has 5 rings (SSSR count). The van der Waals surface area contributed by atoms with Crippen LogP contribution in [0, 0.1) is 0 Å². The molecular formula is C29H35N8O12S+3. The number of aliphatic carboxylic acids is 4. The summed E-state index contributed by atoms with van der Waals surface area (Å²) in [6, 6.07) is 7.55. The second-order valence-corrected chi connectivity index (χ2v) is 12.6. The lowest BCUT2D eigenvalue weighted by Crippen LogP contribution is -2.51. The zero-order valence-electron chi connectivity index (χ0n) is 26.4. The number of carbonyl (C=O) groups is 6. The number of hydrogen-bond donors (Lipinski definition) is 5. The van der Waals surface area contributed by atoms with Gasteiger partial charge in [-0.1, -0.05) is 12.1 Å². The zero-order valence-corrected chi connectivity index (χ0v) is 27.3. The summed E-state index contributed by atoms with van der Waals surface area (Å²) in [6.45, 7) is -2.28. The summed E-state index contributed by atoms with van der Waals surface area (Å²) in [5, 5.41) is 36.9. The Morgan fingerprint density at radius 3 is 1.62 bits per heavy atom. The number of carboxylic acid groups (broad SMARTS) is 4. The van der Waals surface area contributed by atoms with Gasteiger partial charge in [-0.3, -0.25) is 28.8 Å². The molecule has 1 aromatic carbocycles. The number of carbonyl (C=O) groups excluding carboxylic acids is 2. The largest absolute Gasteiger partial charge is 0.480 e. The smallest absolute Gasteiger partial charge is 0.380 e. The first-order valence-corrected chi connectivity index (χ1v) is 15.8. The number of amides is 2. The highest BCUT2D eigenvalue weighted by Gasteiger charge is 2.63. The molecule has 6 N–H and O–H groups in total. The number of nitrogens with zero attached hydrogens (tertiary/aromatic N) is 7. The fraction of sp³-hybridized carbons (Fsp3) is 0.379. The van der Waals surface area contributed by atoms with Gasteiger partial charge in [0.25, 0.3) is 11.8 Å². The van der Waals surface area contributed by atoms with Gasteiger partial charge in [0, 0.05) is 11.3 Å². The molecule has 0 bridgehead atoms. The molecule has 2 aliphatic heterocycles. The number of aromatic nitrogens is 4. The summed E-state index contributed by atoms with van der Waals surface area (Å²) < 4.78 is 12.4. The van der Waals surface area contributed by atoms with Crippen LogP contribution in [0.15, 0.2) is 53.9 Å². The van der Waals surface area contributed by atoms with Crippen LogP contribution in [0.25, 0.3) is 0 Å². The van der Waals surface area contributed by atoms with Crippen molar-refractivity contribution in [2.75, 3.05) is 32.7 Å². The Balaban J connectivity index is 1.44. The fourth-order valence-corrected chi connectivity index (χ4v) is 6.81. The topological polar surface area (TPSA) is 252 Å². The van der Waals surface area contributed by atoms with Crippen molar-refractivity contribution < 1.29 is 72.1 Å². The molecule has 20 nitrogen and oxygen atoms in total. The first-order chi connectivity index (χ1) is 23.8. The predicted molar refractivity (Wildman–Crippen MR) is 162 cm³/mol. The number of carboxylic acids is 4. The third kappa shape index (κ3) is 7.92. The van der Waals surface area contributed by atoms with Crippen molar-refractivity contribution in [3.8, 4) is 0 Å². The molecule has 0 atom stereocenters. The van der Waals surface area contributed by atoms with E-state index in [0.29, 0.717) is 30.5 Å². The molecule has 50 heavy (non-hydrogen) atoms. The normalized spacial score (nSPS) is 17.1. The van der Waals surface area contributed by atoms with Crippen LogP contribution in [-0.2, 0) is 70.7 Å². The third-order valence-corrected chi connectivity index (χ3v) is 9.14. The molecular weight excluding hydrogens is 684 g/mol. The van der Waals surface area contributed by atoms with Crippen molar-refractivity contribution in [2.45, 2.75) is 43.8 Å². The highest BCUT2D eigenvalue weighted by molar-refractivity contribution is 7.94. The Labute approximate surface area is 287 Å². The Morgan fingerprint density at radius 1 is 0.780 bits per heavy atom. The van der Waals surface area contributed by atoms with E-state index in [9.17, 15) is 49.2 Å². The van der Waals surface area contributed by atoms with Crippen molar-refractivity contribution in [3.05, 3.63) is 66.3 Å². The van der Waals surface area contributed by atoms with Gasteiger partial charge in [-0.2, -0.15) is 5.90 Å². The van der Waals surface area contributed by atoms with E-state index in [-0.39, 0.29) is 19.4 Å². The van der Waals surface area contributed by atoms with Crippen molar-refractivity contribution in [3.63, 3.8) is 0 Å². The Hall–Kier alpha value is -5.35. The molecule has 0 saturated heterocycles. The molecule has 0 radical (unpaired) electrons. The molecule has 2 aliphatic rings. The summed E-state index contributed by atoms with van der Waals surface area (Å²) in [5.41, 5.74) is 1.00. The van der Waals surface area contributed by atoms with E-state index in [2.05, 4.69) is 4.99 Å². The number of fused-ring (bicyclic) bond motifs is 5. The minimum Gasteiger partial charge on any atom is -0.480 e. The number of benzene rings is 1. The maximum absolute atomic E-state index is 13.1. The van der Waals surface area contributed by atoms with Crippen molar-refractivity contribution in [1.29, 1.82) is 0 Å². The van der Waals surface area contributed by atoms with Crippen LogP contribution < -0.4 is 15.0 Å². The summed E-state index contributed by atoms with van der Waals surface area (Å²) in [5.74, 6) is -0.351. The van der Waals surface area contributed by atoms with Gasteiger partial charge in [-0.15, -0.1) is 18.5 Å². The summed E-state index contributed by atoms with van der Waals surface area (Å²) in [7, 11) is 0. The number of nitrogens with two attached hydrogens (primary N) is 1. The van der Waals surface area contributed by atoms with Crippen molar-refractivity contribution >= 4 is 47.7 Å². The molecule has 266 valence electrons. The van der Waals surface area contributed by atoms with E-state index in [1.54, 1.807) is 33.9 Å². The van der Waals surface area contributed by atoms with Crippen LogP contribution in [-0.4, -0.2) is 112 Å². The van der Waals surface area contributed by atoms with Gasteiger partial charge < -0.3 is 30.2 Å². The molecule has 2 aromatic heterocycles. The summed E-state index contributed by atoms with van der Waals surface area (Å²) >= 11 is 0.946. The van der Waals surface area contributed by atoms with Crippen LogP contribution in [0.5, 0.6) is 0 Å². The molecule has 21 heteroatoms. The van der Waals surface area contributed by atoms with Crippen LogP contribution in [0.4, 0.5) is 0 Å². The van der Waals surface area contributed by atoms with Gasteiger partial charge in [0.1, 0.15) is 51.0 Å². The maximum atomic E-state index is 13.1. The molecule has 0 unspecified atom stereocenters. The van der Waals surface area contributed by atoms with E-state index >= 15 is 0 Å². The van der Waals surface area contributed by atoms with E-state index in [4.69, 9.17) is 10.2 Å². The quantitative estimate of drug-likeness (QED) is 0.0307. The lowest BCUT2D eigenvalue weighted by molar-refractivity contribution is -0.981. The van der Waals surface area contributed by atoms with E-state index in [1.165, 1.54) is 0 Å². The van der Waals surface area contributed by atoms with E-state index < -0.39 is 61.9 Å². The van der Waals surface area contributed by atoms with Crippen molar-refractivity contribution in [1.82, 2.24) is 18.9 Å². The van der Waals surface area contributed by atoms with Gasteiger partial charge in [-0.25, -0.2) is 13.6 Å². The minimum atomic E-state index is -1.34. The monoisotopic (exact) mass is 719 g/mol. The second kappa shape index (κ2) is 15.0.